The van der Waals surface area contributed by atoms with Gasteiger partial charge in [-0.1, -0.05) is 0 Å². The molecule has 2 rings (SSSR count). The summed E-state index contributed by atoms with van der Waals surface area (Å²) in [5, 5.41) is 18.2. The number of nitrogens with two attached hydrogens (primary N) is 1. The van der Waals surface area contributed by atoms with E-state index in [4.69, 9.17) is 20.3 Å². The van der Waals surface area contributed by atoms with Gasteiger partial charge in [-0.25, -0.2) is 0 Å². The third kappa shape index (κ3) is 0.961. The Morgan fingerprint density at radius 2 is 2.33 bits per heavy atom. The molecule has 0 saturated carbocycles. The van der Waals surface area contributed by atoms with E-state index in [-0.39, 0.29) is 12.6 Å². The maximum absolute atomic E-state index is 9.44. The summed E-state index contributed by atoms with van der Waals surface area (Å²) in [6.07, 6.45) is -2.58. The van der Waals surface area contributed by atoms with Crippen molar-refractivity contribution < 1.29 is 19.7 Å². The Hall–Kier alpha value is -0.850. The summed E-state index contributed by atoms with van der Waals surface area (Å²) in [6.45, 7) is -0.243. The predicted molar refractivity (Wildman–Crippen MR) is 38.2 cm³/mol. The highest BCUT2D eigenvalue weighted by Gasteiger charge is 2.48. The van der Waals surface area contributed by atoms with Gasteiger partial charge < -0.3 is 25.4 Å². The summed E-state index contributed by atoms with van der Waals surface area (Å²) in [6, 6.07) is 0.0282. The smallest absolute Gasteiger partial charge is 0.285 e. The molecular weight excluding hydrogens is 164 g/mol. The zero-order valence-corrected chi connectivity index (χ0v) is 6.25. The third-order valence-corrected chi connectivity index (χ3v) is 2.00. The fourth-order valence-corrected chi connectivity index (χ4v) is 1.40. The molecule has 0 amide bonds. The Balaban J connectivity index is 2.10. The van der Waals surface area contributed by atoms with Gasteiger partial charge >= 0.3 is 0 Å². The second kappa shape index (κ2) is 2.58. The molecule has 0 aromatic rings. The van der Waals surface area contributed by atoms with Crippen molar-refractivity contribution in [1.82, 2.24) is 0 Å². The van der Waals surface area contributed by atoms with Crippen molar-refractivity contribution in [3.8, 4) is 0 Å². The third-order valence-electron chi connectivity index (χ3n) is 2.00. The van der Waals surface area contributed by atoms with E-state index >= 15 is 0 Å². The van der Waals surface area contributed by atoms with E-state index in [9.17, 15) is 5.11 Å². The largest absolute Gasteiger partial charge is 0.454 e. The van der Waals surface area contributed by atoms with Crippen molar-refractivity contribution in [2.45, 2.75) is 24.5 Å². The quantitative estimate of drug-likeness (QED) is 0.418. The fourth-order valence-electron chi connectivity index (χ4n) is 1.40. The van der Waals surface area contributed by atoms with Gasteiger partial charge in [0.25, 0.3) is 6.02 Å². The summed E-state index contributed by atoms with van der Waals surface area (Å²) < 4.78 is 10.1. The van der Waals surface area contributed by atoms with E-state index in [0.717, 1.165) is 0 Å². The highest BCUT2D eigenvalue weighted by Crippen LogP contribution is 2.28. The first kappa shape index (κ1) is 7.78. The van der Waals surface area contributed by atoms with Gasteiger partial charge in [-0.2, -0.15) is 4.99 Å². The fraction of sp³-hybridized carbons (Fsp3) is 0.833. The number of aliphatic hydroxyl groups is 2. The standard InChI is InChI=1S/C6H10N2O4/c7-6-8-5-4(12-6)3(10)2(1-9)11-5/h2-5,9-10H,1H2,(H2,7,8)/t2-,3-,4-,5+/m1/s1. The van der Waals surface area contributed by atoms with Crippen LogP contribution in [0.5, 0.6) is 0 Å². The van der Waals surface area contributed by atoms with Crippen molar-refractivity contribution in [2.75, 3.05) is 6.61 Å². The van der Waals surface area contributed by atoms with E-state index in [0.29, 0.717) is 0 Å². The normalized spacial score (nSPS) is 45.3. The molecule has 0 unspecified atom stereocenters. The van der Waals surface area contributed by atoms with Gasteiger partial charge in [0, 0.05) is 0 Å². The maximum atomic E-state index is 9.44. The van der Waals surface area contributed by atoms with Crippen LogP contribution < -0.4 is 5.73 Å². The van der Waals surface area contributed by atoms with Crippen LogP contribution in [0.2, 0.25) is 0 Å². The Morgan fingerprint density at radius 1 is 1.58 bits per heavy atom. The number of aliphatic hydroxyl groups excluding tert-OH is 2. The first-order valence-corrected chi connectivity index (χ1v) is 3.66. The van der Waals surface area contributed by atoms with Gasteiger partial charge in [0.1, 0.15) is 12.2 Å². The van der Waals surface area contributed by atoms with Crippen LogP contribution in [-0.4, -0.2) is 47.4 Å². The highest BCUT2D eigenvalue weighted by atomic mass is 16.6. The van der Waals surface area contributed by atoms with Crippen molar-refractivity contribution in [3.05, 3.63) is 0 Å². The lowest BCUT2D eigenvalue weighted by molar-refractivity contribution is -0.0206. The van der Waals surface area contributed by atoms with Gasteiger partial charge in [0.05, 0.1) is 6.61 Å². The lowest BCUT2D eigenvalue weighted by Crippen LogP contribution is -2.35. The van der Waals surface area contributed by atoms with Gasteiger partial charge in [0.2, 0.25) is 0 Å². The molecule has 0 radical (unpaired) electrons. The van der Waals surface area contributed by atoms with E-state index in [2.05, 4.69) is 4.99 Å². The molecule has 6 nitrogen and oxygen atoms in total. The summed E-state index contributed by atoms with van der Waals surface area (Å²) in [4.78, 5) is 3.78. The number of hydrogen-bond acceptors (Lipinski definition) is 6. The molecule has 0 aromatic heterocycles. The first-order valence-electron chi connectivity index (χ1n) is 3.66. The zero-order valence-electron chi connectivity index (χ0n) is 6.25. The van der Waals surface area contributed by atoms with Crippen LogP contribution in [-0.2, 0) is 9.47 Å². The van der Waals surface area contributed by atoms with Crippen molar-refractivity contribution >= 4 is 6.02 Å². The van der Waals surface area contributed by atoms with E-state index < -0.39 is 24.5 Å². The molecule has 2 aliphatic heterocycles. The number of rotatable bonds is 1. The second-order valence-electron chi connectivity index (χ2n) is 2.79. The van der Waals surface area contributed by atoms with Crippen molar-refractivity contribution in [3.63, 3.8) is 0 Å². The molecule has 2 aliphatic rings. The number of nitrogens with zero attached hydrogens (tertiary/aromatic N) is 1. The second-order valence-corrected chi connectivity index (χ2v) is 2.79. The van der Waals surface area contributed by atoms with Gasteiger partial charge in [-0.3, -0.25) is 0 Å². The number of fused-ring (bicyclic) bond motifs is 1. The topological polar surface area (TPSA) is 97.3 Å². The minimum absolute atomic E-state index is 0.0282. The number of hydrogen-bond donors (Lipinski definition) is 3. The number of amidine groups is 1. The van der Waals surface area contributed by atoms with E-state index in [1.165, 1.54) is 0 Å². The van der Waals surface area contributed by atoms with Crippen LogP contribution in [0.15, 0.2) is 4.99 Å². The Morgan fingerprint density at radius 3 is 2.92 bits per heavy atom. The SMILES string of the molecule is NC1=N[C@H]2O[C@H](CO)[C@@H](O)[C@H]2O1. The first-order chi connectivity index (χ1) is 5.72. The lowest BCUT2D eigenvalue weighted by Gasteiger charge is -2.13. The molecule has 0 spiro atoms. The monoisotopic (exact) mass is 174 g/mol. The molecule has 1 fully saturated rings. The van der Waals surface area contributed by atoms with Crippen LogP contribution in [0.4, 0.5) is 0 Å². The summed E-state index contributed by atoms with van der Waals surface area (Å²) in [5.74, 6) is 0. The lowest BCUT2D eigenvalue weighted by atomic mass is 10.1. The molecule has 6 heteroatoms. The maximum Gasteiger partial charge on any atom is 0.285 e. The molecule has 4 N–H and O–H groups in total. The number of ether oxygens (including phenoxy) is 2. The molecule has 12 heavy (non-hydrogen) atoms. The van der Waals surface area contributed by atoms with Crippen molar-refractivity contribution in [1.29, 1.82) is 0 Å². The van der Waals surface area contributed by atoms with Crippen molar-refractivity contribution in [2.24, 2.45) is 10.7 Å². The average molecular weight is 174 g/mol. The molecule has 2 heterocycles. The van der Waals surface area contributed by atoms with E-state index in [1.807, 2.05) is 0 Å². The van der Waals surface area contributed by atoms with Crippen LogP contribution in [0, 0.1) is 0 Å². The van der Waals surface area contributed by atoms with Crippen LogP contribution in [0.25, 0.3) is 0 Å². The molecule has 0 bridgehead atoms. The Bertz CT molecular complexity index is 220. The van der Waals surface area contributed by atoms with Gasteiger partial charge in [-0.15, -0.1) is 0 Å². The molecule has 1 saturated heterocycles. The van der Waals surface area contributed by atoms with Crippen LogP contribution in [0.3, 0.4) is 0 Å². The molecule has 0 aliphatic carbocycles. The minimum Gasteiger partial charge on any atom is -0.454 e. The molecule has 0 aromatic carbocycles. The predicted octanol–water partition coefficient (Wildman–Crippen LogP) is -2.22. The average Bonchev–Trinajstić information content (AvgIpc) is 2.51. The highest BCUT2D eigenvalue weighted by molar-refractivity contribution is 5.73. The van der Waals surface area contributed by atoms with Gasteiger partial charge in [0.15, 0.2) is 12.3 Å². The molecule has 68 valence electrons. The summed E-state index contributed by atoms with van der Waals surface area (Å²) in [7, 11) is 0. The Kier molecular flexibility index (Phi) is 1.67. The summed E-state index contributed by atoms with van der Waals surface area (Å²) >= 11 is 0. The minimum atomic E-state index is -0.857. The molecular formula is C6H10N2O4. The Labute approximate surface area is 68.6 Å². The molecule has 4 atom stereocenters. The van der Waals surface area contributed by atoms with E-state index in [1.54, 1.807) is 0 Å². The van der Waals surface area contributed by atoms with Gasteiger partial charge in [-0.05, 0) is 0 Å². The zero-order chi connectivity index (χ0) is 8.72. The number of aliphatic imine (C=N–C) groups is 1. The summed E-state index contributed by atoms with van der Waals surface area (Å²) in [5.41, 5.74) is 5.25. The van der Waals surface area contributed by atoms with Crippen LogP contribution in [0.1, 0.15) is 0 Å². The van der Waals surface area contributed by atoms with Crippen LogP contribution >= 0.6 is 0 Å².